The molecule has 252 valence electrons. The van der Waals surface area contributed by atoms with Crippen LogP contribution in [0.4, 0.5) is 0 Å². The minimum atomic E-state index is 1.20. The smallest absolute Gasteiger partial charge is 0.0171 e. The Morgan fingerprint density at radius 1 is 0.341 bits per heavy atom. The van der Waals surface area contributed by atoms with E-state index in [1.807, 2.05) is 55.4 Å². The maximum Gasteiger partial charge on any atom is 0.0171 e. The summed E-state index contributed by atoms with van der Waals surface area (Å²) in [6.07, 6.45) is 22.4. The van der Waals surface area contributed by atoms with Gasteiger partial charge >= 0.3 is 0 Å². The summed E-state index contributed by atoms with van der Waals surface area (Å²) in [5.41, 5.74) is 1.31. The molecule has 4 aliphatic rings. The molecule has 0 bridgehead atoms. The van der Waals surface area contributed by atoms with E-state index in [0.29, 0.717) is 0 Å². The van der Waals surface area contributed by atoms with Crippen LogP contribution in [0.25, 0.3) is 0 Å². The molecule has 0 spiro atoms. The molecule has 0 aromatic heterocycles. The van der Waals surface area contributed by atoms with Gasteiger partial charge in [-0.1, -0.05) is 107 Å². The summed E-state index contributed by atoms with van der Waals surface area (Å²) in [7, 11) is 8.77. The molecule has 4 fully saturated rings. The highest BCUT2D eigenvalue weighted by atomic mass is 15.1. The van der Waals surface area contributed by atoms with Gasteiger partial charge in [-0.15, -0.1) is 0 Å². The Balaban J connectivity index is -0.000000206. The monoisotopic (exact) mass is 585 g/mol. The molecule has 4 heterocycles. The average Bonchev–Trinajstić information content (AvgIpc) is 3.58. The maximum absolute atomic E-state index is 3.98. The van der Waals surface area contributed by atoms with Crippen molar-refractivity contribution in [2.75, 3.05) is 74.0 Å². The largest absolute Gasteiger partial charge is 0.378 e. The van der Waals surface area contributed by atoms with E-state index in [4.69, 9.17) is 0 Å². The van der Waals surface area contributed by atoms with E-state index in [-0.39, 0.29) is 0 Å². The van der Waals surface area contributed by atoms with Gasteiger partial charge in [0.2, 0.25) is 0 Å². The highest BCUT2D eigenvalue weighted by Gasteiger charge is 2.06. The minimum Gasteiger partial charge on any atom is -0.378 e. The third-order valence-electron chi connectivity index (χ3n) is 7.49. The Morgan fingerprint density at radius 3 is 0.829 bits per heavy atom. The van der Waals surface area contributed by atoms with Gasteiger partial charge in [0.1, 0.15) is 0 Å². The lowest BCUT2D eigenvalue weighted by atomic mass is 10.2. The van der Waals surface area contributed by atoms with E-state index in [9.17, 15) is 0 Å². The molecule has 4 nitrogen and oxygen atoms in total. The van der Waals surface area contributed by atoms with Crippen molar-refractivity contribution >= 4 is 0 Å². The first-order valence-corrected chi connectivity index (χ1v) is 18.4. The third kappa shape index (κ3) is 37.4. The van der Waals surface area contributed by atoms with E-state index < -0.39 is 0 Å². The summed E-state index contributed by atoms with van der Waals surface area (Å²) in [5, 5.41) is 0. The summed E-state index contributed by atoms with van der Waals surface area (Å²) in [5.74, 6) is 0. The van der Waals surface area contributed by atoms with E-state index in [1.165, 1.54) is 154 Å². The van der Waals surface area contributed by atoms with E-state index >= 15 is 0 Å². The normalized spacial score (nSPS) is 20.1. The first kappa shape index (κ1) is 47.4. The van der Waals surface area contributed by atoms with Crippen molar-refractivity contribution in [1.29, 1.82) is 0 Å². The predicted octanol–water partition coefficient (Wildman–Crippen LogP) is 10.6. The van der Waals surface area contributed by atoms with E-state index in [2.05, 4.69) is 54.4 Å². The molecule has 0 radical (unpaired) electrons. The fourth-order valence-electron chi connectivity index (χ4n) is 4.89. The van der Waals surface area contributed by atoms with Crippen molar-refractivity contribution < 1.29 is 0 Å². The number of allylic oxidation sites excluding steroid dienone is 1. The zero-order chi connectivity index (χ0) is 32.2. The zero-order valence-corrected chi connectivity index (χ0v) is 31.3. The summed E-state index contributed by atoms with van der Waals surface area (Å²) in [6.45, 7) is 29.1. The second-order valence-electron chi connectivity index (χ2n) is 11.0. The van der Waals surface area contributed by atoms with Crippen LogP contribution in [0.1, 0.15) is 158 Å². The van der Waals surface area contributed by atoms with E-state index in [1.54, 1.807) is 0 Å². The van der Waals surface area contributed by atoms with Crippen molar-refractivity contribution in [2.24, 2.45) is 0 Å². The lowest BCUT2D eigenvalue weighted by Crippen LogP contribution is -2.18. The van der Waals surface area contributed by atoms with Gasteiger partial charge in [-0.2, -0.15) is 0 Å². The molecule has 4 rings (SSSR count). The number of likely N-dealkylation sites (tertiary alicyclic amines) is 4. The van der Waals surface area contributed by atoms with Gasteiger partial charge in [0.05, 0.1) is 0 Å². The first-order chi connectivity index (χ1) is 20.0. The van der Waals surface area contributed by atoms with Gasteiger partial charge in [-0.05, 0) is 118 Å². The Labute approximate surface area is 263 Å². The Bertz CT molecular complexity index is 387. The summed E-state index contributed by atoms with van der Waals surface area (Å²) >= 11 is 0. The Morgan fingerprint density at radius 2 is 0.561 bits per heavy atom. The molecule has 0 atom stereocenters. The van der Waals surface area contributed by atoms with Crippen molar-refractivity contribution in [3.05, 3.63) is 12.3 Å². The SMILES string of the molecule is C=C1CCCCCN1C.CC.CC.CC.CC.CN1CCCCCC1.CN1CCCCCC1.CN1CCCCCC1. The lowest BCUT2D eigenvalue weighted by molar-refractivity contribution is 0.349. The topological polar surface area (TPSA) is 13.0 Å². The lowest BCUT2D eigenvalue weighted by Gasteiger charge is -2.17. The second kappa shape index (κ2) is 41.6. The summed E-state index contributed by atoms with van der Waals surface area (Å²) in [6, 6.07) is 0. The van der Waals surface area contributed by atoms with Gasteiger partial charge in [0, 0.05) is 19.3 Å². The Kier molecular flexibility index (Phi) is 48.0. The third-order valence-corrected chi connectivity index (χ3v) is 7.49. The first-order valence-electron chi connectivity index (χ1n) is 18.4. The van der Waals surface area contributed by atoms with E-state index in [0.717, 1.165) is 0 Å². The van der Waals surface area contributed by atoms with Crippen molar-refractivity contribution in [2.45, 2.75) is 158 Å². The molecule has 0 N–H and O–H groups in total. The van der Waals surface area contributed by atoms with Crippen LogP contribution in [0.3, 0.4) is 0 Å². The number of hydrogen-bond donors (Lipinski definition) is 0. The highest BCUT2D eigenvalue weighted by Crippen LogP contribution is 2.15. The van der Waals surface area contributed by atoms with Crippen molar-refractivity contribution in [3.8, 4) is 0 Å². The second-order valence-corrected chi connectivity index (χ2v) is 11.0. The van der Waals surface area contributed by atoms with Crippen LogP contribution in [0, 0.1) is 0 Å². The van der Waals surface area contributed by atoms with Crippen LogP contribution in [-0.2, 0) is 0 Å². The van der Waals surface area contributed by atoms with Gasteiger partial charge < -0.3 is 19.6 Å². The molecule has 0 saturated carbocycles. The molecule has 0 aliphatic carbocycles. The fourth-order valence-corrected chi connectivity index (χ4v) is 4.89. The van der Waals surface area contributed by atoms with Crippen molar-refractivity contribution in [3.63, 3.8) is 0 Å². The van der Waals surface area contributed by atoms with Gasteiger partial charge in [-0.3, -0.25) is 0 Å². The summed E-state index contributed by atoms with van der Waals surface area (Å²) < 4.78 is 0. The van der Waals surface area contributed by atoms with Crippen LogP contribution in [0.5, 0.6) is 0 Å². The molecule has 0 unspecified atom stereocenters. The van der Waals surface area contributed by atoms with Crippen LogP contribution >= 0.6 is 0 Å². The molecular weight excluding hydrogens is 500 g/mol. The quantitative estimate of drug-likeness (QED) is 0.281. The van der Waals surface area contributed by atoms with Crippen LogP contribution in [0.2, 0.25) is 0 Å². The number of nitrogens with zero attached hydrogens (tertiary/aromatic N) is 4. The highest BCUT2D eigenvalue weighted by molar-refractivity contribution is 4.93. The molecule has 0 aromatic carbocycles. The molecule has 41 heavy (non-hydrogen) atoms. The maximum atomic E-state index is 3.98. The standard InChI is InChI=1S/C8H15N.3C7H15N.4C2H6/c1-8-6-4-3-5-7-9(8)2;3*1-8-6-4-2-3-5-7-8;4*1-2/h1,3-7H2,2H3;3*2-7H2,1H3;4*1-2H3. The summed E-state index contributed by atoms with van der Waals surface area (Å²) in [4.78, 5) is 9.54. The minimum absolute atomic E-state index is 1.20. The molecule has 4 aliphatic heterocycles. The predicted molar refractivity (Wildman–Crippen MR) is 194 cm³/mol. The van der Waals surface area contributed by atoms with Crippen molar-refractivity contribution in [1.82, 2.24) is 19.6 Å². The van der Waals surface area contributed by atoms with Crippen LogP contribution in [0.15, 0.2) is 12.3 Å². The van der Waals surface area contributed by atoms with Crippen LogP contribution < -0.4 is 0 Å². The van der Waals surface area contributed by atoms with Gasteiger partial charge in [0.15, 0.2) is 0 Å². The molecule has 4 heteroatoms. The van der Waals surface area contributed by atoms with Crippen LogP contribution in [-0.4, -0.2) is 93.6 Å². The number of hydrogen-bond acceptors (Lipinski definition) is 4. The van der Waals surface area contributed by atoms with Gasteiger partial charge in [-0.25, -0.2) is 0 Å². The Hall–Kier alpha value is -0.580. The molecule has 0 aromatic rings. The molecule has 0 amide bonds. The fraction of sp³-hybridized carbons (Fsp3) is 0.946. The molecular formula is C37H84N4. The van der Waals surface area contributed by atoms with Gasteiger partial charge in [0.25, 0.3) is 0 Å². The average molecular weight is 585 g/mol. The molecule has 4 saturated heterocycles. The number of rotatable bonds is 0. The zero-order valence-electron chi connectivity index (χ0n) is 31.3.